The monoisotopic (exact) mass is 358 g/mol. The standard InChI is InChI=1S/C17H11ClF4O2/c1-10(23)16(19,20)13-6-2-11(3-7-13)12-4-8-14(9-5-12)17(21,22)15(18)24/h2-9H,1H3. The van der Waals surface area contributed by atoms with Gasteiger partial charge in [0.15, 0.2) is 0 Å². The van der Waals surface area contributed by atoms with Crippen molar-refractivity contribution in [2.24, 2.45) is 0 Å². The lowest BCUT2D eigenvalue weighted by atomic mass is 9.98. The molecule has 2 nitrogen and oxygen atoms in total. The Morgan fingerprint density at radius 2 is 1.08 bits per heavy atom. The number of ketones is 1. The quantitative estimate of drug-likeness (QED) is 0.563. The second-order valence-corrected chi connectivity index (χ2v) is 5.48. The van der Waals surface area contributed by atoms with Crippen molar-refractivity contribution in [2.45, 2.75) is 18.8 Å². The number of hydrogen-bond acceptors (Lipinski definition) is 2. The van der Waals surface area contributed by atoms with Gasteiger partial charge < -0.3 is 0 Å². The third kappa shape index (κ3) is 3.33. The fourth-order valence-electron chi connectivity index (χ4n) is 2.06. The van der Waals surface area contributed by atoms with E-state index in [1.54, 1.807) is 0 Å². The first-order valence-corrected chi connectivity index (χ1v) is 7.12. The summed E-state index contributed by atoms with van der Waals surface area (Å²) in [5.41, 5.74) is -0.0416. The van der Waals surface area contributed by atoms with E-state index in [1.165, 1.54) is 24.3 Å². The molecule has 2 aromatic rings. The minimum absolute atomic E-state index is 0.449. The van der Waals surface area contributed by atoms with Crippen molar-refractivity contribution in [3.05, 3.63) is 59.7 Å². The lowest BCUT2D eigenvalue weighted by molar-refractivity contribution is -0.141. The van der Waals surface area contributed by atoms with Crippen molar-refractivity contribution in [1.29, 1.82) is 0 Å². The molecule has 0 aliphatic heterocycles. The summed E-state index contributed by atoms with van der Waals surface area (Å²) < 4.78 is 54.1. The van der Waals surface area contributed by atoms with E-state index in [9.17, 15) is 27.2 Å². The van der Waals surface area contributed by atoms with Crippen LogP contribution in [0, 0.1) is 0 Å². The van der Waals surface area contributed by atoms with Crippen LogP contribution >= 0.6 is 11.6 Å². The predicted octanol–water partition coefficient (Wildman–Crippen LogP) is 4.89. The summed E-state index contributed by atoms with van der Waals surface area (Å²) in [5, 5.41) is -1.79. The Morgan fingerprint density at radius 1 is 0.750 bits per heavy atom. The first-order valence-electron chi connectivity index (χ1n) is 6.75. The van der Waals surface area contributed by atoms with E-state index < -0.39 is 34.0 Å². The Hall–Kier alpha value is -2.21. The molecule has 7 heteroatoms. The largest absolute Gasteiger partial charge is 0.345 e. The number of benzene rings is 2. The first-order chi connectivity index (χ1) is 11.1. The van der Waals surface area contributed by atoms with E-state index in [2.05, 4.69) is 0 Å². The zero-order valence-electron chi connectivity index (χ0n) is 12.3. The van der Waals surface area contributed by atoms with E-state index in [-0.39, 0.29) is 0 Å². The molecule has 0 atom stereocenters. The first kappa shape index (κ1) is 18.1. The average molecular weight is 359 g/mol. The summed E-state index contributed by atoms with van der Waals surface area (Å²) in [4.78, 5) is 21.7. The molecule has 24 heavy (non-hydrogen) atoms. The lowest BCUT2D eigenvalue weighted by Crippen LogP contribution is -2.22. The van der Waals surface area contributed by atoms with Crippen molar-refractivity contribution in [3.63, 3.8) is 0 Å². The van der Waals surface area contributed by atoms with Crippen molar-refractivity contribution >= 4 is 22.6 Å². The van der Waals surface area contributed by atoms with E-state index >= 15 is 0 Å². The molecule has 2 aromatic carbocycles. The highest BCUT2D eigenvalue weighted by atomic mass is 35.5. The van der Waals surface area contributed by atoms with Gasteiger partial charge >= 0.3 is 11.8 Å². The summed E-state index contributed by atoms with van der Waals surface area (Å²) in [6, 6.07) is 9.62. The van der Waals surface area contributed by atoms with Crippen molar-refractivity contribution in [3.8, 4) is 11.1 Å². The van der Waals surface area contributed by atoms with Crippen molar-refractivity contribution in [2.75, 3.05) is 0 Å². The van der Waals surface area contributed by atoms with Crippen LogP contribution in [0.5, 0.6) is 0 Å². The van der Waals surface area contributed by atoms with E-state index in [4.69, 9.17) is 11.6 Å². The Kier molecular flexibility index (Phi) is 4.80. The van der Waals surface area contributed by atoms with Crippen LogP contribution < -0.4 is 0 Å². The molecule has 0 aromatic heterocycles. The number of hydrogen-bond donors (Lipinski definition) is 0. The van der Waals surface area contributed by atoms with Gasteiger partial charge in [-0.2, -0.15) is 17.6 Å². The molecule has 0 N–H and O–H groups in total. The molecule has 0 amide bonds. The van der Waals surface area contributed by atoms with Gasteiger partial charge in [0.1, 0.15) is 0 Å². The Morgan fingerprint density at radius 3 is 1.38 bits per heavy atom. The van der Waals surface area contributed by atoms with E-state index in [1.807, 2.05) is 0 Å². The second kappa shape index (κ2) is 6.36. The van der Waals surface area contributed by atoms with Gasteiger partial charge in [-0.1, -0.05) is 48.5 Å². The number of alkyl halides is 4. The Labute approximate surface area is 140 Å². The SMILES string of the molecule is CC(=O)C(F)(F)c1ccc(-c2ccc(C(F)(F)C(=O)Cl)cc2)cc1. The minimum atomic E-state index is -3.80. The van der Waals surface area contributed by atoms with E-state index in [0.29, 0.717) is 11.1 Å². The highest BCUT2D eigenvalue weighted by Gasteiger charge is 2.39. The van der Waals surface area contributed by atoms with Crippen LogP contribution in [0.3, 0.4) is 0 Å². The molecule has 0 bridgehead atoms. The van der Waals surface area contributed by atoms with Crippen molar-refractivity contribution < 1.29 is 27.2 Å². The Bertz CT molecular complexity index is 701. The molecule has 126 valence electrons. The number of Topliss-reactive ketones (excluding diaryl/α,β-unsaturated/α-hetero) is 1. The number of halogens is 5. The van der Waals surface area contributed by atoms with Crippen molar-refractivity contribution in [1.82, 2.24) is 0 Å². The highest BCUT2D eigenvalue weighted by Crippen LogP contribution is 2.33. The third-order valence-corrected chi connectivity index (χ3v) is 3.75. The van der Waals surface area contributed by atoms with E-state index in [0.717, 1.165) is 31.2 Å². The van der Waals surface area contributed by atoms with Gasteiger partial charge in [0.2, 0.25) is 5.78 Å². The summed E-state index contributed by atoms with van der Waals surface area (Å²) >= 11 is 4.86. The van der Waals surface area contributed by atoms with Gasteiger partial charge in [-0.15, -0.1) is 0 Å². The smallest absolute Gasteiger partial charge is 0.293 e. The molecule has 0 aliphatic carbocycles. The number of carbonyl (C=O) groups excluding carboxylic acids is 2. The van der Waals surface area contributed by atoms with Crippen LogP contribution in [0.1, 0.15) is 18.1 Å². The van der Waals surface area contributed by atoms with Crippen LogP contribution in [0.15, 0.2) is 48.5 Å². The zero-order chi connectivity index (χ0) is 18.1. The third-order valence-electron chi connectivity index (χ3n) is 3.52. The normalized spacial score (nSPS) is 12.1. The number of rotatable bonds is 5. The van der Waals surface area contributed by atoms with Crippen LogP contribution in [0.2, 0.25) is 0 Å². The average Bonchev–Trinajstić information content (AvgIpc) is 2.54. The maximum absolute atomic E-state index is 13.6. The van der Waals surface area contributed by atoms with Gasteiger partial charge in [0, 0.05) is 18.1 Å². The molecule has 0 unspecified atom stereocenters. The lowest BCUT2D eigenvalue weighted by Gasteiger charge is -2.14. The van der Waals surface area contributed by atoms with Crippen LogP contribution in [-0.4, -0.2) is 11.0 Å². The minimum Gasteiger partial charge on any atom is -0.293 e. The molecule has 0 fully saturated rings. The van der Waals surface area contributed by atoms with Gasteiger partial charge in [0.25, 0.3) is 5.24 Å². The molecule has 2 rings (SSSR count). The molecular weight excluding hydrogens is 348 g/mol. The highest BCUT2D eigenvalue weighted by molar-refractivity contribution is 6.65. The molecule has 0 aliphatic rings. The van der Waals surface area contributed by atoms with Gasteiger partial charge in [-0.05, 0) is 22.7 Å². The summed E-state index contributed by atoms with van der Waals surface area (Å²) in [6.45, 7) is 0.797. The topological polar surface area (TPSA) is 34.1 Å². The van der Waals surface area contributed by atoms with Gasteiger partial charge in [-0.3, -0.25) is 9.59 Å². The fraction of sp³-hybridized carbons (Fsp3) is 0.176. The van der Waals surface area contributed by atoms with Crippen LogP contribution in [-0.2, 0) is 21.4 Å². The number of carbonyl (C=O) groups is 2. The second-order valence-electron chi connectivity index (χ2n) is 5.13. The molecule has 0 heterocycles. The van der Waals surface area contributed by atoms with Crippen LogP contribution in [0.25, 0.3) is 11.1 Å². The molecule has 0 saturated carbocycles. The van der Waals surface area contributed by atoms with Gasteiger partial charge in [0.05, 0.1) is 0 Å². The van der Waals surface area contributed by atoms with Crippen LogP contribution in [0.4, 0.5) is 17.6 Å². The maximum Gasteiger partial charge on any atom is 0.345 e. The fourth-order valence-corrected chi connectivity index (χ4v) is 2.17. The summed E-state index contributed by atoms with van der Waals surface area (Å²) in [7, 11) is 0. The van der Waals surface area contributed by atoms with Gasteiger partial charge in [-0.25, -0.2) is 0 Å². The molecular formula is C17H11ClF4O2. The molecule has 0 saturated heterocycles. The summed E-state index contributed by atoms with van der Waals surface area (Å²) in [6.07, 6.45) is 0. The summed E-state index contributed by atoms with van der Waals surface area (Å²) in [5.74, 6) is -8.65. The molecule has 0 spiro atoms. The maximum atomic E-state index is 13.6. The molecule has 0 radical (unpaired) electrons. The predicted molar refractivity (Wildman–Crippen MR) is 81.2 cm³/mol. The Balaban J connectivity index is 2.31. The zero-order valence-corrected chi connectivity index (χ0v) is 13.1.